The number of halogens is 1. The Morgan fingerprint density at radius 2 is 1.76 bits per heavy atom. The van der Waals surface area contributed by atoms with Gasteiger partial charge in [0.05, 0.1) is 0 Å². The molecule has 3 aromatic carbocycles. The standard InChI is InChI=1S/C23H19BrN2O3/c24-16-8-5-14(6-9-16)23-25-18(15-7-10-21-22(11-15)29-13-28-21)12-19(26-23)17-3-1-2-4-20(17)27/h1-11,19,23,26-27H,12-13H2/t19-,23-/m1/s1. The van der Waals surface area contributed by atoms with Gasteiger partial charge in [0.1, 0.15) is 11.9 Å². The van der Waals surface area contributed by atoms with Crippen molar-refractivity contribution in [2.75, 3.05) is 6.79 Å². The monoisotopic (exact) mass is 450 g/mol. The number of hydrogen-bond acceptors (Lipinski definition) is 5. The van der Waals surface area contributed by atoms with Crippen LogP contribution in [0.3, 0.4) is 0 Å². The minimum Gasteiger partial charge on any atom is -0.508 e. The molecule has 146 valence electrons. The third-order valence-corrected chi connectivity index (χ3v) is 5.77. The quantitative estimate of drug-likeness (QED) is 0.582. The summed E-state index contributed by atoms with van der Waals surface area (Å²) in [4.78, 5) is 5.00. The van der Waals surface area contributed by atoms with Gasteiger partial charge in [0.25, 0.3) is 0 Å². The predicted molar refractivity (Wildman–Crippen MR) is 115 cm³/mol. The fraction of sp³-hybridized carbons (Fsp3) is 0.174. The molecule has 0 spiro atoms. The lowest BCUT2D eigenvalue weighted by Crippen LogP contribution is -2.33. The molecule has 0 fully saturated rings. The van der Waals surface area contributed by atoms with Crippen molar-refractivity contribution in [3.63, 3.8) is 0 Å². The molecular weight excluding hydrogens is 432 g/mol. The Hall–Kier alpha value is -2.83. The van der Waals surface area contributed by atoms with Crippen molar-refractivity contribution in [3.8, 4) is 17.2 Å². The molecule has 5 rings (SSSR count). The maximum Gasteiger partial charge on any atom is 0.231 e. The van der Waals surface area contributed by atoms with Crippen LogP contribution < -0.4 is 14.8 Å². The second-order valence-electron chi connectivity index (χ2n) is 7.08. The lowest BCUT2D eigenvalue weighted by molar-refractivity contribution is 0.174. The van der Waals surface area contributed by atoms with E-state index in [4.69, 9.17) is 14.5 Å². The number of rotatable bonds is 3. The summed E-state index contributed by atoms with van der Waals surface area (Å²) in [7, 11) is 0. The third kappa shape index (κ3) is 3.61. The summed E-state index contributed by atoms with van der Waals surface area (Å²) in [5.41, 5.74) is 3.89. The molecule has 0 aliphatic carbocycles. The molecule has 0 bridgehead atoms. The fourth-order valence-corrected chi connectivity index (χ4v) is 4.02. The number of aliphatic imine (C=N–C) groups is 1. The second-order valence-corrected chi connectivity index (χ2v) is 8.00. The third-order valence-electron chi connectivity index (χ3n) is 5.25. The minimum absolute atomic E-state index is 0.0669. The van der Waals surface area contributed by atoms with Crippen LogP contribution in [0, 0.1) is 0 Å². The van der Waals surface area contributed by atoms with Crippen molar-refractivity contribution in [1.29, 1.82) is 0 Å². The molecule has 5 nitrogen and oxygen atoms in total. The highest BCUT2D eigenvalue weighted by molar-refractivity contribution is 9.10. The van der Waals surface area contributed by atoms with Gasteiger partial charge in [0.2, 0.25) is 6.79 Å². The summed E-state index contributed by atoms with van der Waals surface area (Å²) >= 11 is 3.49. The van der Waals surface area contributed by atoms with Crippen molar-refractivity contribution in [3.05, 3.63) is 87.9 Å². The van der Waals surface area contributed by atoms with E-state index in [1.165, 1.54) is 0 Å². The van der Waals surface area contributed by atoms with E-state index < -0.39 is 0 Å². The van der Waals surface area contributed by atoms with E-state index in [1.54, 1.807) is 6.07 Å². The number of hydrogen-bond donors (Lipinski definition) is 2. The molecule has 2 atom stereocenters. The lowest BCUT2D eigenvalue weighted by atomic mass is 9.93. The Bertz CT molecular complexity index is 1080. The number of benzene rings is 3. The van der Waals surface area contributed by atoms with E-state index in [9.17, 15) is 5.11 Å². The average Bonchev–Trinajstić information content (AvgIpc) is 3.22. The summed E-state index contributed by atoms with van der Waals surface area (Å²) in [6.45, 7) is 0.245. The Morgan fingerprint density at radius 3 is 2.59 bits per heavy atom. The first-order chi connectivity index (χ1) is 14.2. The van der Waals surface area contributed by atoms with Crippen LogP contribution >= 0.6 is 15.9 Å². The summed E-state index contributed by atoms with van der Waals surface area (Å²) in [5.74, 6) is 1.78. The molecule has 0 unspecified atom stereocenters. The Morgan fingerprint density at radius 1 is 0.966 bits per heavy atom. The first-order valence-electron chi connectivity index (χ1n) is 9.43. The summed E-state index contributed by atoms with van der Waals surface area (Å²) in [6, 6.07) is 21.4. The highest BCUT2D eigenvalue weighted by atomic mass is 79.9. The van der Waals surface area contributed by atoms with E-state index >= 15 is 0 Å². The number of phenolic OH excluding ortho intramolecular Hbond substituents is 1. The highest BCUT2D eigenvalue weighted by Gasteiger charge is 2.28. The molecule has 0 radical (unpaired) electrons. The van der Waals surface area contributed by atoms with Crippen molar-refractivity contribution in [1.82, 2.24) is 5.32 Å². The number of fused-ring (bicyclic) bond motifs is 1. The predicted octanol–water partition coefficient (Wildman–Crippen LogP) is 5.11. The lowest BCUT2D eigenvalue weighted by Gasteiger charge is -2.31. The smallest absolute Gasteiger partial charge is 0.231 e. The summed E-state index contributed by atoms with van der Waals surface area (Å²) in [5, 5.41) is 14.0. The van der Waals surface area contributed by atoms with Crippen LogP contribution in [-0.4, -0.2) is 17.6 Å². The van der Waals surface area contributed by atoms with Crippen LogP contribution in [0.4, 0.5) is 0 Å². The zero-order chi connectivity index (χ0) is 19.8. The van der Waals surface area contributed by atoms with E-state index in [2.05, 4.69) is 33.4 Å². The van der Waals surface area contributed by atoms with E-state index in [1.807, 2.05) is 48.5 Å². The molecule has 0 aromatic heterocycles. The van der Waals surface area contributed by atoms with Gasteiger partial charge >= 0.3 is 0 Å². The molecule has 2 aliphatic heterocycles. The van der Waals surface area contributed by atoms with Crippen LogP contribution in [0.25, 0.3) is 0 Å². The van der Waals surface area contributed by atoms with Gasteiger partial charge in [-0.05, 0) is 47.5 Å². The second kappa shape index (κ2) is 7.54. The van der Waals surface area contributed by atoms with Gasteiger partial charge in [0.15, 0.2) is 11.5 Å². The van der Waals surface area contributed by atoms with Crippen molar-refractivity contribution < 1.29 is 14.6 Å². The van der Waals surface area contributed by atoms with Crippen molar-refractivity contribution in [2.24, 2.45) is 4.99 Å². The first kappa shape index (κ1) is 18.2. The normalized spacial score (nSPS) is 20.4. The number of phenols is 1. The minimum atomic E-state index is -0.220. The Labute approximate surface area is 177 Å². The van der Waals surface area contributed by atoms with Crippen molar-refractivity contribution in [2.45, 2.75) is 18.6 Å². The topological polar surface area (TPSA) is 63.1 Å². The maximum atomic E-state index is 10.4. The van der Waals surface area contributed by atoms with Gasteiger partial charge in [-0.25, -0.2) is 0 Å². The van der Waals surface area contributed by atoms with Gasteiger partial charge in [-0.15, -0.1) is 0 Å². The van der Waals surface area contributed by atoms with E-state index in [-0.39, 0.29) is 24.8 Å². The molecule has 6 heteroatoms. The Balaban J connectivity index is 1.56. The Kier molecular flexibility index (Phi) is 4.73. The largest absolute Gasteiger partial charge is 0.508 e. The van der Waals surface area contributed by atoms with Crippen LogP contribution in [0.5, 0.6) is 17.2 Å². The van der Waals surface area contributed by atoms with Crippen LogP contribution in [0.2, 0.25) is 0 Å². The SMILES string of the molecule is Oc1ccccc1[C@H]1CC(c2ccc3c(c2)OCO3)=N[C@@H](c2ccc(Br)cc2)N1. The average molecular weight is 451 g/mol. The summed E-state index contributed by atoms with van der Waals surface area (Å²) < 4.78 is 12.0. The van der Waals surface area contributed by atoms with Gasteiger partial charge in [-0.1, -0.05) is 46.3 Å². The first-order valence-corrected chi connectivity index (χ1v) is 10.2. The van der Waals surface area contributed by atoms with Gasteiger partial charge < -0.3 is 14.6 Å². The van der Waals surface area contributed by atoms with E-state index in [0.717, 1.165) is 38.4 Å². The molecule has 0 saturated carbocycles. The van der Waals surface area contributed by atoms with Crippen LogP contribution in [-0.2, 0) is 0 Å². The molecule has 29 heavy (non-hydrogen) atoms. The van der Waals surface area contributed by atoms with Crippen molar-refractivity contribution >= 4 is 21.6 Å². The zero-order valence-electron chi connectivity index (χ0n) is 15.5. The molecule has 0 amide bonds. The molecule has 2 N–H and O–H groups in total. The van der Waals surface area contributed by atoms with E-state index in [0.29, 0.717) is 6.42 Å². The molecule has 0 saturated heterocycles. The van der Waals surface area contributed by atoms with Gasteiger partial charge in [-0.2, -0.15) is 0 Å². The number of aromatic hydroxyl groups is 1. The molecule has 2 aliphatic rings. The molecule has 3 aromatic rings. The fourth-order valence-electron chi connectivity index (χ4n) is 3.75. The number of para-hydroxylation sites is 1. The van der Waals surface area contributed by atoms with Gasteiger partial charge in [0, 0.05) is 28.2 Å². The van der Waals surface area contributed by atoms with Gasteiger partial charge in [-0.3, -0.25) is 10.3 Å². The van der Waals surface area contributed by atoms with Crippen LogP contribution in [0.15, 0.2) is 76.2 Å². The maximum absolute atomic E-state index is 10.4. The zero-order valence-corrected chi connectivity index (χ0v) is 17.1. The number of nitrogens with zero attached hydrogens (tertiary/aromatic N) is 1. The highest BCUT2D eigenvalue weighted by Crippen LogP contribution is 2.37. The number of nitrogens with one attached hydrogen (secondary N) is 1. The number of ether oxygens (including phenoxy) is 2. The van der Waals surface area contributed by atoms with Crippen LogP contribution in [0.1, 0.15) is 35.3 Å². The molecule has 2 heterocycles. The molecular formula is C23H19BrN2O3. The summed E-state index contributed by atoms with van der Waals surface area (Å²) in [6.07, 6.45) is 0.437.